The molecule has 0 amide bonds. The van der Waals surface area contributed by atoms with Gasteiger partial charge in [0.05, 0.1) is 0 Å². The van der Waals surface area contributed by atoms with E-state index >= 15 is 0 Å². The molecule has 2 aromatic rings. The van der Waals surface area contributed by atoms with Crippen LogP contribution in [0.1, 0.15) is 37.8 Å². The van der Waals surface area contributed by atoms with Crippen molar-refractivity contribution >= 4 is 0 Å². The second-order valence-corrected chi connectivity index (χ2v) is 5.62. The van der Waals surface area contributed by atoms with Crippen LogP contribution in [0.5, 0.6) is 0 Å². The van der Waals surface area contributed by atoms with Gasteiger partial charge in [0.25, 0.3) is 0 Å². The zero-order chi connectivity index (χ0) is 12.3. The molecule has 0 N–H and O–H groups in total. The standard InChI is InChI=1S/C17H20/c1-17(2,3)16(14-10-6-4-7-11-14)15-12-8-5-9-13-15/h4-13,16H,1-3H3. The largest absolute Gasteiger partial charge is 0.0622 e. The van der Waals surface area contributed by atoms with Crippen molar-refractivity contribution in [1.82, 2.24) is 0 Å². The summed E-state index contributed by atoms with van der Waals surface area (Å²) in [5.74, 6) is 0.449. The molecule has 2 aromatic carbocycles. The fourth-order valence-electron chi connectivity index (χ4n) is 2.48. The lowest BCUT2D eigenvalue weighted by atomic mass is 9.73. The Balaban J connectivity index is 2.48. The van der Waals surface area contributed by atoms with E-state index in [1.54, 1.807) is 0 Å². The molecule has 0 fully saturated rings. The van der Waals surface area contributed by atoms with Crippen LogP contribution in [-0.2, 0) is 0 Å². The summed E-state index contributed by atoms with van der Waals surface area (Å²) in [5, 5.41) is 0. The van der Waals surface area contributed by atoms with E-state index in [1.165, 1.54) is 11.1 Å². The van der Waals surface area contributed by atoms with Crippen molar-refractivity contribution in [2.45, 2.75) is 26.7 Å². The number of hydrogen-bond donors (Lipinski definition) is 0. The van der Waals surface area contributed by atoms with Gasteiger partial charge >= 0.3 is 0 Å². The van der Waals surface area contributed by atoms with Crippen molar-refractivity contribution in [1.29, 1.82) is 0 Å². The normalized spacial score (nSPS) is 11.8. The molecule has 0 aliphatic carbocycles. The van der Waals surface area contributed by atoms with Gasteiger partial charge in [0.2, 0.25) is 0 Å². The van der Waals surface area contributed by atoms with Gasteiger partial charge in [-0.25, -0.2) is 0 Å². The summed E-state index contributed by atoms with van der Waals surface area (Å²) in [5.41, 5.74) is 3.01. The van der Waals surface area contributed by atoms with Crippen LogP contribution in [0, 0.1) is 5.41 Å². The highest BCUT2D eigenvalue weighted by Crippen LogP contribution is 2.40. The first-order valence-corrected chi connectivity index (χ1v) is 6.19. The van der Waals surface area contributed by atoms with Gasteiger partial charge < -0.3 is 0 Å². The molecule has 2 rings (SSSR count). The van der Waals surface area contributed by atoms with Gasteiger partial charge in [0.15, 0.2) is 0 Å². The van der Waals surface area contributed by atoms with Crippen LogP contribution < -0.4 is 0 Å². The van der Waals surface area contributed by atoms with Crippen molar-refractivity contribution in [3.8, 4) is 0 Å². The monoisotopic (exact) mass is 224 g/mol. The minimum Gasteiger partial charge on any atom is -0.0622 e. The molecule has 17 heavy (non-hydrogen) atoms. The van der Waals surface area contributed by atoms with E-state index in [1.807, 2.05) is 0 Å². The molecule has 0 spiro atoms. The van der Waals surface area contributed by atoms with Crippen molar-refractivity contribution < 1.29 is 0 Å². The molecule has 0 heteroatoms. The van der Waals surface area contributed by atoms with Gasteiger partial charge in [0.1, 0.15) is 0 Å². The van der Waals surface area contributed by atoms with Crippen molar-refractivity contribution in [2.75, 3.05) is 0 Å². The molecule has 88 valence electrons. The predicted molar refractivity (Wildman–Crippen MR) is 74.2 cm³/mol. The van der Waals surface area contributed by atoms with Gasteiger partial charge in [-0.3, -0.25) is 0 Å². The van der Waals surface area contributed by atoms with E-state index in [0.717, 1.165) is 0 Å². The molecule has 0 nitrogen and oxygen atoms in total. The van der Waals surface area contributed by atoms with Crippen LogP contribution >= 0.6 is 0 Å². The van der Waals surface area contributed by atoms with E-state index in [4.69, 9.17) is 0 Å². The molecular weight excluding hydrogens is 204 g/mol. The molecule has 0 bridgehead atoms. The third-order valence-corrected chi connectivity index (χ3v) is 3.13. The quantitative estimate of drug-likeness (QED) is 0.683. The number of benzene rings is 2. The van der Waals surface area contributed by atoms with E-state index in [-0.39, 0.29) is 5.41 Å². The molecule has 0 saturated heterocycles. The fraction of sp³-hybridized carbons (Fsp3) is 0.294. The Hall–Kier alpha value is -1.56. The SMILES string of the molecule is CC(C)(C)C(c1ccccc1)c1ccccc1. The van der Waals surface area contributed by atoms with Crippen LogP contribution in [0.25, 0.3) is 0 Å². The highest BCUT2D eigenvalue weighted by atomic mass is 14.3. The van der Waals surface area contributed by atoms with Gasteiger partial charge in [-0.15, -0.1) is 0 Å². The summed E-state index contributed by atoms with van der Waals surface area (Å²) in [6, 6.07) is 21.5. The van der Waals surface area contributed by atoms with Crippen LogP contribution in [0.15, 0.2) is 60.7 Å². The first kappa shape index (κ1) is 11.9. The van der Waals surface area contributed by atoms with Crippen LogP contribution in [0.2, 0.25) is 0 Å². The molecule has 0 unspecified atom stereocenters. The van der Waals surface area contributed by atoms with Crippen LogP contribution in [0.3, 0.4) is 0 Å². The molecule has 0 saturated carbocycles. The summed E-state index contributed by atoms with van der Waals surface area (Å²) in [7, 11) is 0. The summed E-state index contributed by atoms with van der Waals surface area (Å²) in [4.78, 5) is 0. The Morgan fingerprint density at radius 3 is 1.29 bits per heavy atom. The maximum absolute atomic E-state index is 2.30. The van der Waals surface area contributed by atoms with Gasteiger partial charge in [0, 0.05) is 5.92 Å². The lowest BCUT2D eigenvalue weighted by Gasteiger charge is -2.31. The van der Waals surface area contributed by atoms with Gasteiger partial charge in [-0.2, -0.15) is 0 Å². The summed E-state index contributed by atoms with van der Waals surface area (Å²) >= 11 is 0. The summed E-state index contributed by atoms with van der Waals surface area (Å²) in [6.07, 6.45) is 0. The number of rotatable bonds is 2. The molecule has 0 aromatic heterocycles. The lowest BCUT2D eigenvalue weighted by molar-refractivity contribution is 0.358. The van der Waals surface area contributed by atoms with Crippen molar-refractivity contribution in [3.63, 3.8) is 0 Å². The summed E-state index contributed by atoms with van der Waals surface area (Å²) in [6.45, 7) is 6.91. The Morgan fingerprint density at radius 1 is 0.647 bits per heavy atom. The molecule has 0 heterocycles. The highest BCUT2D eigenvalue weighted by Gasteiger charge is 2.27. The maximum Gasteiger partial charge on any atom is 0.0138 e. The van der Waals surface area contributed by atoms with Crippen molar-refractivity contribution in [3.05, 3.63) is 71.8 Å². The number of hydrogen-bond acceptors (Lipinski definition) is 0. The topological polar surface area (TPSA) is 0 Å². The minimum atomic E-state index is 0.225. The second-order valence-electron chi connectivity index (χ2n) is 5.62. The lowest BCUT2D eigenvalue weighted by Crippen LogP contribution is -2.19. The Kier molecular flexibility index (Phi) is 3.33. The smallest absolute Gasteiger partial charge is 0.0138 e. The highest BCUT2D eigenvalue weighted by molar-refractivity contribution is 5.34. The van der Waals surface area contributed by atoms with E-state index in [9.17, 15) is 0 Å². The Morgan fingerprint density at radius 2 is 1.00 bits per heavy atom. The average molecular weight is 224 g/mol. The van der Waals surface area contributed by atoms with Gasteiger partial charge in [-0.1, -0.05) is 81.4 Å². The first-order valence-electron chi connectivity index (χ1n) is 6.19. The van der Waals surface area contributed by atoms with Crippen LogP contribution in [0.4, 0.5) is 0 Å². The van der Waals surface area contributed by atoms with Gasteiger partial charge in [-0.05, 0) is 16.5 Å². The third-order valence-electron chi connectivity index (χ3n) is 3.13. The van der Waals surface area contributed by atoms with E-state index in [0.29, 0.717) is 5.92 Å². The molecular formula is C17H20. The predicted octanol–water partition coefficient (Wildman–Crippen LogP) is 4.86. The van der Waals surface area contributed by atoms with E-state index in [2.05, 4.69) is 81.4 Å². The maximum atomic E-state index is 2.30. The first-order chi connectivity index (χ1) is 8.09. The summed E-state index contributed by atoms with van der Waals surface area (Å²) < 4.78 is 0. The Labute approximate surface area is 104 Å². The van der Waals surface area contributed by atoms with Crippen molar-refractivity contribution in [2.24, 2.45) is 5.41 Å². The zero-order valence-electron chi connectivity index (χ0n) is 10.9. The molecule has 0 atom stereocenters. The zero-order valence-corrected chi connectivity index (χ0v) is 10.9. The fourth-order valence-corrected chi connectivity index (χ4v) is 2.48. The molecule has 0 aliphatic heterocycles. The van der Waals surface area contributed by atoms with E-state index < -0.39 is 0 Å². The average Bonchev–Trinajstić information content (AvgIpc) is 2.30. The Bertz CT molecular complexity index is 409. The minimum absolute atomic E-state index is 0.225. The molecule has 0 aliphatic rings. The second kappa shape index (κ2) is 4.75. The van der Waals surface area contributed by atoms with Crippen LogP contribution in [-0.4, -0.2) is 0 Å². The molecule has 0 radical (unpaired) electrons. The third kappa shape index (κ3) is 2.76.